The van der Waals surface area contributed by atoms with Crippen LogP contribution >= 0.6 is 11.6 Å². The molecule has 0 rings (SSSR count). The third-order valence-electron chi connectivity index (χ3n) is 1.65. The lowest BCUT2D eigenvalue weighted by Crippen LogP contribution is -2.39. The van der Waals surface area contributed by atoms with Crippen molar-refractivity contribution in [3.05, 3.63) is 0 Å². The molecule has 0 aliphatic rings. The summed E-state index contributed by atoms with van der Waals surface area (Å²) in [6.07, 6.45) is -4.22. The summed E-state index contributed by atoms with van der Waals surface area (Å²) >= 11 is 5.50. The minimum absolute atomic E-state index is 0.00873. The van der Waals surface area contributed by atoms with Crippen LogP contribution in [0.5, 0.6) is 0 Å². The van der Waals surface area contributed by atoms with Crippen LogP contribution in [0.3, 0.4) is 0 Å². The minimum Gasteiger partial charge on any atom is -0.395 e. The molecule has 1 unspecified atom stereocenters. The second kappa shape index (κ2) is 6.48. The summed E-state index contributed by atoms with van der Waals surface area (Å²) in [6, 6.07) is 0. The maximum atomic E-state index is 12.0. The molecule has 0 bridgehead atoms. The van der Waals surface area contributed by atoms with Crippen LogP contribution in [-0.2, 0) is 0 Å². The predicted octanol–water partition coefficient (Wildman–Crippen LogP) is 1.72. The van der Waals surface area contributed by atoms with Gasteiger partial charge in [0.15, 0.2) is 0 Å². The number of nitrogens with zero attached hydrogens (tertiary/aromatic N) is 1. The molecule has 0 radical (unpaired) electrons. The van der Waals surface area contributed by atoms with Gasteiger partial charge in [-0.3, -0.25) is 4.90 Å². The first-order valence-corrected chi connectivity index (χ1v) is 4.88. The average molecular weight is 234 g/mol. The molecule has 0 saturated heterocycles. The summed E-state index contributed by atoms with van der Waals surface area (Å²) in [5, 5.41) is 8.58. The van der Waals surface area contributed by atoms with E-state index in [1.807, 2.05) is 0 Å². The first-order valence-electron chi connectivity index (χ1n) is 4.35. The maximum Gasteiger partial charge on any atom is 0.401 e. The van der Waals surface area contributed by atoms with Gasteiger partial charge >= 0.3 is 6.18 Å². The molecular formula is C8H15ClF3NO. The van der Waals surface area contributed by atoms with Crippen molar-refractivity contribution in [1.82, 2.24) is 4.90 Å². The van der Waals surface area contributed by atoms with Crippen LogP contribution in [0.1, 0.15) is 6.92 Å². The van der Waals surface area contributed by atoms with Crippen molar-refractivity contribution < 1.29 is 18.3 Å². The van der Waals surface area contributed by atoms with Gasteiger partial charge in [0.2, 0.25) is 0 Å². The first-order chi connectivity index (χ1) is 6.39. The van der Waals surface area contributed by atoms with Gasteiger partial charge in [0.05, 0.1) is 13.2 Å². The summed E-state index contributed by atoms with van der Waals surface area (Å²) in [4.78, 5) is 1.16. The predicted molar refractivity (Wildman–Crippen MR) is 49.5 cm³/mol. The number of rotatable bonds is 6. The van der Waals surface area contributed by atoms with Crippen molar-refractivity contribution in [3.63, 3.8) is 0 Å². The molecule has 14 heavy (non-hydrogen) atoms. The molecule has 0 aromatic rings. The second-order valence-electron chi connectivity index (χ2n) is 3.33. The Morgan fingerprint density at radius 3 is 2.36 bits per heavy atom. The van der Waals surface area contributed by atoms with E-state index >= 15 is 0 Å². The molecule has 0 aromatic heterocycles. The fraction of sp³-hybridized carbons (Fsp3) is 1.00. The maximum absolute atomic E-state index is 12.0. The number of halogens is 4. The van der Waals surface area contributed by atoms with Crippen molar-refractivity contribution in [3.8, 4) is 0 Å². The number of aliphatic hydroxyl groups excluding tert-OH is 1. The van der Waals surface area contributed by atoms with E-state index in [0.717, 1.165) is 4.90 Å². The fourth-order valence-electron chi connectivity index (χ4n) is 1.12. The van der Waals surface area contributed by atoms with E-state index < -0.39 is 12.7 Å². The molecule has 0 heterocycles. The molecule has 0 fully saturated rings. The summed E-state index contributed by atoms with van der Waals surface area (Å²) in [5.74, 6) is 0.310. The van der Waals surface area contributed by atoms with E-state index in [4.69, 9.17) is 16.7 Å². The van der Waals surface area contributed by atoms with E-state index in [1.54, 1.807) is 6.92 Å². The van der Waals surface area contributed by atoms with Gasteiger partial charge in [-0.2, -0.15) is 13.2 Å². The van der Waals surface area contributed by atoms with Crippen molar-refractivity contribution in [2.45, 2.75) is 13.1 Å². The standard InChI is InChI=1S/C8H15ClF3NO/c1-7(4-9)5-13(2-3-14)6-8(10,11)12/h7,14H,2-6H2,1H3. The van der Waals surface area contributed by atoms with Gasteiger partial charge in [-0.15, -0.1) is 11.6 Å². The Hall–Kier alpha value is -0.0000000000000000555. The summed E-state index contributed by atoms with van der Waals surface area (Å²) < 4.78 is 36.1. The van der Waals surface area contributed by atoms with Gasteiger partial charge in [0.1, 0.15) is 0 Å². The fourth-order valence-corrected chi connectivity index (χ4v) is 1.22. The van der Waals surface area contributed by atoms with Crippen LogP contribution < -0.4 is 0 Å². The van der Waals surface area contributed by atoms with Crippen LogP contribution in [0.15, 0.2) is 0 Å². The smallest absolute Gasteiger partial charge is 0.395 e. The molecule has 1 atom stereocenters. The third-order valence-corrected chi connectivity index (χ3v) is 2.18. The Balaban J connectivity index is 4.01. The molecule has 2 nitrogen and oxygen atoms in total. The summed E-state index contributed by atoms with van der Waals surface area (Å²) in [6.45, 7) is 0.790. The zero-order valence-electron chi connectivity index (χ0n) is 8.02. The second-order valence-corrected chi connectivity index (χ2v) is 3.64. The SMILES string of the molecule is CC(CCl)CN(CCO)CC(F)(F)F. The molecule has 0 aliphatic carbocycles. The Kier molecular flexibility index (Phi) is 6.48. The highest BCUT2D eigenvalue weighted by atomic mass is 35.5. The Labute approximate surface area is 86.6 Å². The Morgan fingerprint density at radius 1 is 1.43 bits per heavy atom. The molecule has 1 N–H and O–H groups in total. The minimum atomic E-state index is -4.22. The van der Waals surface area contributed by atoms with Gasteiger partial charge in [0.25, 0.3) is 0 Å². The van der Waals surface area contributed by atoms with Crippen LogP contribution in [0, 0.1) is 5.92 Å². The van der Waals surface area contributed by atoms with Gasteiger partial charge in [-0.1, -0.05) is 6.92 Å². The zero-order chi connectivity index (χ0) is 11.2. The van der Waals surface area contributed by atoms with Crippen molar-refractivity contribution in [2.24, 2.45) is 5.92 Å². The van der Waals surface area contributed by atoms with Gasteiger partial charge in [0, 0.05) is 19.0 Å². The summed E-state index contributed by atoms with van der Waals surface area (Å²) in [5.41, 5.74) is 0. The van der Waals surface area contributed by atoms with E-state index in [0.29, 0.717) is 5.88 Å². The highest BCUT2D eigenvalue weighted by molar-refractivity contribution is 6.18. The normalized spacial score (nSPS) is 14.8. The number of aliphatic hydroxyl groups is 1. The first kappa shape index (κ1) is 14.0. The van der Waals surface area contributed by atoms with Crippen molar-refractivity contribution in [2.75, 3.05) is 32.1 Å². The van der Waals surface area contributed by atoms with Crippen molar-refractivity contribution in [1.29, 1.82) is 0 Å². The number of hydrogen-bond acceptors (Lipinski definition) is 2. The highest BCUT2D eigenvalue weighted by Crippen LogP contribution is 2.17. The van der Waals surface area contributed by atoms with Crippen LogP contribution in [-0.4, -0.2) is 48.3 Å². The number of hydrogen-bond donors (Lipinski definition) is 1. The quantitative estimate of drug-likeness (QED) is 0.707. The highest BCUT2D eigenvalue weighted by Gasteiger charge is 2.30. The molecule has 6 heteroatoms. The lowest BCUT2D eigenvalue weighted by atomic mass is 10.2. The van der Waals surface area contributed by atoms with Crippen LogP contribution in [0.4, 0.5) is 13.2 Å². The molecule has 0 amide bonds. The molecule has 0 aromatic carbocycles. The van der Waals surface area contributed by atoms with Crippen LogP contribution in [0.2, 0.25) is 0 Å². The largest absolute Gasteiger partial charge is 0.401 e. The monoisotopic (exact) mass is 233 g/mol. The van der Waals surface area contributed by atoms with Gasteiger partial charge in [-0.25, -0.2) is 0 Å². The Morgan fingerprint density at radius 2 is 2.00 bits per heavy atom. The van der Waals surface area contributed by atoms with E-state index in [2.05, 4.69) is 0 Å². The van der Waals surface area contributed by atoms with E-state index in [1.165, 1.54) is 0 Å². The van der Waals surface area contributed by atoms with Crippen LogP contribution in [0.25, 0.3) is 0 Å². The van der Waals surface area contributed by atoms with E-state index in [-0.39, 0.29) is 25.6 Å². The van der Waals surface area contributed by atoms with Crippen molar-refractivity contribution >= 4 is 11.6 Å². The topological polar surface area (TPSA) is 23.5 Å². The Bertz CT molecular complexity index is 154. The molecular weight excluding hydrogens is 219 g/mol. The lowest BCUT2D eigenvalue weighted by Gasteiger charge is -2.24. The molecule has 0 saturated carbocycles. The van der Waals surface area contributed by atoms with Gasteiger partial charge in [-0.05, 0) is 5.92 Å². The molecule has 0 spiro atoms. The zero-order valence-corrected chi connectivity index (χ0v) is 8.78. The third kappa shape index (κ3) is 7.41. The average Bonchev–Trinajstić information content (AvgIpc) is 2.01. The lowest BCUT2D eigenvalue weighted by molar-refractivity contribution is -0.147. The molecule has 0 aliphatic heterocycles. The van der Waals surface area contributed by atoms with E-state index in [9.17, 15) is 13.2 Å². The van der Waals surface area contributed by atoms with Gasteiger partial charge < -0.3 is 5.11 Å². The summed E-state index contributed by atoms with van der Waals surface area (Å²) in [7, 11) is 0. The number of alkyl halides is 4. The molecule has 86 valence electrons.